The first-order chi connectivity index (χ1) is 21.6. The van der Waals surface area contributed by atoms with E-state index in [1.807, 2.05) is 74.5 Å². The van der Waals surface area contributed by atoms with Gasteiger partial charge in [-0.15, -0.1) is 0 Å². The maximum absolute atomic E-state index is 14.7. The Labute approximate surface area is 270 Å². The molecule has 4 aromatic rings. The van der Waals surface area contributed by atoms with Crippen LogP contribution in [0.25, 0.3) is 0 Å². The number of hydrogen-bond acceptors (Lipinski definition) is 5. The van der Waals surface area contributed by atoms with Crippen LogP contribution in [0.5, 0.6) is 0 Å². The molecular weight excluding hydrogens is 628 g/mol. The fraction of sp³-hybridized carbons (Fsp3) is 0.257. The Hall–Kier alpha value is -3.47. The molecule has 0 bridgehead atoms. The zero-order valence-corrected chi connectivity index (χ0v) is 27.5. The molecule has 3 atom stereocenters. The Kier molecular flexibility index (Phi) is 8.91. The van der Waals surface area contributed by atoms with Gasteiger partial charge in [0.25, 0.3) is 0 Å². The molecule has 0 unspecified atom stereocenters. The molecule has 0 N–H and O–H groups in total. The van der Waals surface area contributed by atoms with Gasteiger partial charge in [-0.3, -0.25) is 0 Å². The van der Waals surface area contributed by atoms with Crippen LogP contribution in [0.15, 0.2) is 130 Å². The average Bonchev–Trinajstić information content (AvgIpc) is 3.05. The van der Waals surface area contributed by atoms with E-state index in [2.05, 4.69) is 0 Å². The predicted molar refractivity (Wildman–Crippen MR) is 176 cm³/mol. The molecule has 0 saturated carbocycles. The number of benzene rings is 4. The number of aryl methyl sites for hydroxylation is 1. The van der Waals surface area contributed by atoms with Crippen molar-refractivity contribution in [2.45, 2.75) is 54.6 Å². The maximum atomic E-state index is 14.7. The number of hydrogen-bond donors (Lipinski definition) is 0. The summed E-state index contributed by atoms with van der Waals surface area (Å²) >= 11 is 6.53. The Morgan fingerprint density at radius 1 is 0.733 bits per heavy atom. The zero-order chi connectivity index (χ0) is 31.8. The Balaban J connectivity index is 1.57. The molecular formula is C35H35ClN2O5S2. The van der Waals surface area contributed by atoms with Crippen LogP contribution in [-0.4, -0.2) is 44.6 Å². The van der Waals surface area contributed by atoms with E-state index in [4.69, 9.17) is 16.3 Å². The van der Waals surface area contributed by atoms with Crippen LogP contribution >= 0.6 is 11.6 Å². The first-order valence-electron chi connectivity index (χ1n) is 14.9. The lowest BCUT2D eigenvalue weighted by Crippen LogP contribution is -2.55. The zero-order valence-electron chi connectivity index (χ0n) is 25.1. The van der Waals surface area contributed by atoms with E-state index in [0.29, 0.717) is 17.9 Å². The topological polar surface area (TPSA) is 84.0 Å². The van der Waals surface area contributed by atoms with Gasteiger partial charge in [0, 0.05) is 18.5 Å². The summed E-state index contributed by atoms with van der Waals surface area (Å²) in [4.78, 5) is 0.197. The third-order valence-corrected chi connectivity index (χ3v) is 12.9. The summed E-state index contributed by atoms with van der Waals surface area (Å²) in [7, 11) is -8.16. The third kappa shape index (κ3) is 5.95. The van der Waals surface area contributed by atoms with Gasteiger partial charge in [0.2, 0.25) is 20.0 Å². The Bertz CT molecular complexity index is 1920. The van der Waals surface area contributed by atoms with E-state index in [9.17, 15) is 16.8 Å². The van der Waals surface area contributed by atoms with Crippen LogP contribution in [0.4, 0.5) is 0 Å². The highest BCUT2D eigenvalue weighted by atomic mass is 35.5. The first kappa shape index (κ1) is 31.5. The van der Waals surface area contributed by atoms with Crippen LogP contribution in [0.1, 0.15) is 48.5 Å². The van der Waals surface area contributed by atoms with Crippen LogP contribution < -0.4 is 0 Å². The summed E-state index contributed by atoms with van der Waals surface area (Å²) in [6.45, 7) is 4.12. The summed E-state index contributed by atoms with van der Waals surface area (Å²) in [6, 6.07) is 30.2. The van der Waals surface area contributed by atoms with E-state index in [1.54, 1.807) is 46.8 Å². The monoisotopic (exact) mass is 662 g/mol. The number of halogens is 1. The summed E-state index contributed by atoms with van der Waals surface area (Å²) in [5.74, 6) is 0.623. The number of fused-ring (bicyclic) bond motifs is 1. The predicted octanol–water partition coefficient (Wildman–Crippen LogP) is 7.28. The van der Waals surface area contributed by atoms with Gasteiger partial charge >= 0.3 is 0 Å². The molecule has 45 heavy (non-hydrogen) atoms. The Morgan fingerprint density at radius 2 is 1.31 bits per heavy atom. The second kappa shape index (κ2) is 12.7. The lowest BCUT2D eigenvalue weighted by Gasteiger charge is -2.49. The van der Waals surface area contributed by atoms with Crippen LogP contribution in [0, 0.1) is 6.92 Å². The standard InChI is InChI=1S/C35H35ClN2O5S2/c1-3-43-34-23-32(27-14-8-5-9-15-27)38(45(41,42)35-17-11-10-16-30(35)36)33-22-31(26-12-6-4-7-13-26)37(24-29(33)34)44(39,40)28-20-18-25(2)19-21-28/h4-21,31-33H,3,22-24H2,1-2H3/t31-,32-,33-/m0/s1. The molecule has 2 aliphatic heterocycles. The molecule has 10 heteroatoms. The summed E-state index contributed by atoms with van der Waals surface area (Å²) < 4.78 is 67.5. The Morgan fingerprint density at radius 3 is 1.91 bits per heavy atom. The molecule has 7 nitrogen and oxygen atoms in total. The largest absolute Gasteiger partial charge is 0.498 e. The van der Waals surface area contributed by atoms with Crippen molar-refractivity contribution in [3.8, 4) is 0 Å². The van der Waals surface area contributed by atoms with Gasteiger partial charge in [-0.05, 0) is 55.7 Å². The van der Waals surface area contributed by atoms with Crippen LogP contribution in [0.2, 0.25) is 5.02 Å². The summed E-state index contributed by atoms with van der Waals surface area (Å²) in [6.07, 6.45) is 0.440. The van der Waals surface area contributed by atoms with E-state index < -0.39 is 38.2 Å². The lowest BCUT2D eigenvalue weighted by molar-refractivity contribution is 0.118. The highest BCUT2D eigenvalue weighted by Gasteiger charge is 2.51. The molecule has 2 heterocycles. The molecule has 234 valence electrons. The molecule has 0 amide bonds. The molecule has 0 radical (unpaired) electrons. The lowest BCUT2D eigenvalue weighted by atomic mass is 9.84. The number of ether oxygens (including phenoxy) is 1. The summed E-state index contributed by atoms with van der Waals surface area (Å²) in [5, 5.41) is 0.129. The highest BCUT2D eigenvalue weighted by molar-refractivity contribution is 7.89. The second-order valence-electron chi connectivity index (χ2n) is 11.3. The molecule has 0 aliphatic carbocycles. The van der Waals surface area contributed by atoms with E-state index in [1.165, 1.54) is 10.4 Å². The third-order valence-electron chi connectivity index (χ3n) is 8.58. The molecule has 6 rings (SSSR count). The smallest absolute Gasteiger partial charge is 0.245 e. The fourth-order valence-corrected chi connectivity index (χ4v) is 10.3. The van der Waals surface area contributed by atoms with E-state index >= 15 is 0 Å². The van der Waals surface area contributed by atoms with E-state index in [-0.39, 0.29) is 34.2 Å². The van der Waals surface area contributed by atoms with Crippen LogP contribution in [0.3, 0.4) is 0 Å². The van der Waals surface area contributed by atoms with Crippen LogP contribution in [-0.2, 0) is 24.8 Å². The number of rotatable bonds is 8. The van der Waals surface area contributed by atoms with Crippen molar-refractivity contribution in [3.63, 3.8) is 0 Å². The molecule has 1 saturated heterocycles. The van der Waals surface area contributed by atoms with Crippen molar-refractivity contribution >= 4 is 31.6 Å². The van der Waals surface area contributed by atoms with Crippen molar-refractivity contribution in [2.24, 2.45) is 0 Å². The quantitative estimate of drug-likeness (QED) is 0.198. The minimum absolute atomic E-state index is 0.0118. The fourth-order valence-electron chi connectivity index (χ4n) is 6.44. The average molecular weight is 663 g/mol. The SMILES string of the molecule is CCOC1=C2CN(S(=O)(=O)c3ccc(C)cc3)[C@H](c3ccccc3)C[C@@H]2N(S(=O)(=O)c2ccccc2Cl)[C@H](c2ccccc2)C1. The van der Waals surface area contributed by atoms with Crippen molar-refractivity contribution in [3.05, 3.63) is 142 Å². The van der Waals surface area contributed by atoms with Crippen molar-refractivity contribution < 1.29 is 21.6 Å². The van der Waals surface area contributed by atoms with Gasteiger partial charge in [-0.1, -0.05) is 102 Å². The second-order valence-corrected chi connectivity index (χ2v) is 15.4. The maximum Gasteiger partial charge on any atom is 0.245 e. The van der Waals surface area contributed by atoms with Gasteiger partial charge in [0.1, 0.15) is 4.90 Å². The van der Waals surface area contributed by atoms with Gasteiger partial charge in [0.05, 0.1) is 40.4 Å². The van der Waals surface area contributed by atoms with Crippen molar-refractivity contribution in [1.29, 1.82) is 0 Å². The molecule has 0 spiro atoms. The first-order valence-corrected chi connectivity index (χ1v) is 18.2. The molecule has 1 fully saturated rings. The van der Waals surface area contributed by atoms with E-state index in [0.717, 1.165) is 16.7 Å². The van der Waals surface area contributed by atoms with Crippen molar-refractivity contribution in [2.75, 3.05) is 13.2 Å². The highest BCUT2D eigenvalue weighted by Crippen LogP contribution is 2.49. The van der Waals surface area contributed by atoms with Gasteiger partial charge < -0.3 is 4.74 Å². The normalized spacial score (nSPS) is 21.4. The number of piperidine rings is 1. The van der Waals surface area contributed by atoms with Gasteiger partial charge in [-0.25, -0.2) is 16.8 Å². The minimum Gasteiger partial charge on any atom is -0.498 e. The van der Waals surface area contributed by atoms with Crippen molar-refractivity contribution in [1.82, 2.24) is 8.61 Å². The number of sulfonamides is 2. The summed E-state index contributed by atoms with van der Waals surface area (Å²) in [5.41, 5.74) is 3.19. The molecule has 0 aromatic heterocycles. The van der Waals surface area contributed by atoms with Gasteiger partial charge in [0.15, 0.2) is 0 Å². The molecule has 4 aromatic carbocycles. The minimum atomic E-state index is -4.17. The van der Waals surface area contributed by atoms with Gasteiger partial charge in [-0.2, -0.15) is 8.61 Å². The number of nitrogens with zero attached hydrogens (tertiary/aromatic N) is 2. The molecule has 2 aliphatic rings.